The fourth-order valence-corrected chi connectivity index (χ4v) is 2.30. The molecule has 0 bridgehead atoms. The summed E-state index contributed by atoms with van der Waals surface area (Å²) in [7, 11) is 0. The van der Waals surface area contributed by atoms with E-state index in [2.05, 4.69) is 20.6 Å². The highest BCUT2D eigenvalue weighted by Gasteiger charge is 2.10. The van der Waals surface area contributed by atoms with Crippen LogP contribution in [0.25, 0.3) is 11.3 Å². The van der Waals surface area contributed by atoms with Crippen LogP contribution in [0.2, 0.25) is 0 Å². The number of amides is 2. The summed E-state index contributed by atoms with van der Waals surface area (Å²) in [4.78, 5) is 32.0. The lowest BCUT2D eigenvalue weighted by Gasteiger charge is -2.08. The Labute approximate surface area is 145 Å². The largest absolute Gasteiger partial charge is 0.326 e. The van der Waals surface area contributed by atoms with E-state index in [1.807, 2.05) is 30.3 Å². The molecule has 2 amide bonds. The van der Waals surface area contributed by atoms with Crippen LogP contribution in [-0.4, -0.2) is 21.8 Å². The van der Waals surface area contributed by atoms with Crippen molar-refractivity contribution in [3.63, 3.8) is 0 Å². The molecule has 25 heavy (non-hydrogen) atoms. The van der Waals surface area contributed by atoms with Gasteiger partial charge in [0.25, 0.3) is 5.91 Å². The number of anilines is 2. The van der Waals surface area contributed by atoms with Crippen molar-refractivity contribution in [2.75, 3.05) is 10.6 Å². The minimum absolute atomic E-state index is 0.176. The Kier molecular flexibility index (Phi) is 4.80. The lowest BCUT2D eigenvalue weighted by molar-refractivity contribution is -0.114. The smallest absolute Gasteiger partial charge is 0.275 e. The molecule has 3 rings (SSSR count). The molecule has 0 radical (unpaired) electrons. The molecule has 2 N–H and O–H groups in total. The number of nitrogens with one attached hydrogen (secondary N) is 2. The highest BCUT2D eigenvalue weighted by molar-refractivity contribution is 6.03. The average molecular weight is 332 g/mol. The first kappa shape index (κ1) is 16.3. The van der Waals surface area contributed by atoms with Crippen molar-refractivity contribution >= 4 is 23.2 Å². The van der Waals surface area contributed by atoms with E-state index < -0.39 is 0 Å². The molecule has 3 aromatic rings. The van der Waals surface area contributed by atoms with Gasteiger partial charge in [-0.25, -0.2) is 4.98 Å². The van der Waals surface area contributed by atoms with E-state index in [1.54, 1.807) is 30.5 Å². The third kappa shape index (κ3) is 4.26. The Balaban J connectivity index is 1.79. The Hall–Kier alpha value is -3.54. The molecule has 0 unspecified atom stereocenters. The average Bonchev–Trinajstić information content (AvgIpc) is 2.62. The predicted octanol–water partition coefficient (Wildman–Crippen LogP) is 3.35. The lowest BCUT2D eigenvalue weighted by atomic mass is 10.1. The number of hydrogen-bond acceptors (Lipinski definition) is 4. The molecular formula is C19H16N4O2. The number of rotatable bonds is 4. The standard InChI is InChI=1S/C19H16N4O2/c1-13(24)21-15-8-5-9-16(10-15)22-19(25)18-12-20-11-17(23-18)14-6-3-2-4-7-14/h2-12H,1H3,(H,21,24)(H,22,25). The number of nitrogens with zero attached hydrogens (tertiary/aromatic N) is 2. The molecule has 124 valence electrons. The second-order valence-electron chi connectivity index (χ2n) is 5.37. The van der Waals surface area contributed by atoms with Gasteiger partial charge in [0.15, 0.2) is 0 Å². The van der Waals surface area contributed by atoms with Crippen LogP contribution in [0.1, 0.15) is 17.4 Å². The molecule has 0 aliphatic heterocycles. The molecule has 1 heterocycles. The summed E-state index contributed by atoms with van der Waals surface area (Å²) in [5, 5.41) is 5.43. The van der Waals surface area contributed by atoms with Crippen molar-refractivity contribution < 1.29 is 9.59 Å². The number of benzene rings is 2. The Morgan fingerprint density at radius 1 is 0.880 bits per heavy atom. The fraction of sp³-hybridized carbons (Fsp3) is 0.0526. The quantitative estimate of drug-likeness (QED) is 0.767. The van der Waals surface area contributed by atoms with E-state index >= 15 is 0 Å². The van der Waals surface area contributed by atoms with Gasteiger partial charge in [0.2, 0.25) is 5.91 Å². The first-order valence-corrected chi connectivity index (χ1v) is 7.68. The fourth-order valence-electron chi connectivity index (χ4n) is 2.30. The van der Waals surface area contributed by atoms with Crippen LogP contribution in [0.4, 0.5) is 11.4 Å². The maximum absolute atomic E-state index is 12.4. The highest BCUT2D eigenvalue weighted by Crippen LogP contribution is 2.18. The second-order valence-corrected chi connectivity index (χ2v) is 5.37. The lowest BCUT2D eigenvalue weighted by Crippen LogP contribution is -2.15. The van der Waals surface area contributed by atoms with Crippen LogP contribution >= 0.6 is 0 Å². The second kappa shape index (κ2) is 7.35. The zero-order valence-electron chi connectivity index (χ0n) is 13.6. The van der Waals surface area contributed by atoms with Crippen LogP contribution in [-0.2, 0) is 4.79 Å². The van der Waals surface area contributed by atoms with Gasteiger partial charge in [-0.1, -0.05) is 36.4 Å². The molecule has 6 nitrogen and oxygen atoms in total. The summed E-state index contributed by atoms with van der Waals surface area (Å²) >= 11 is 0. The Morgan fingerprint density at radius 3 is 2.32 bits per heavy atom. The zero-order chi connectivity index (χ0) is 17.6. The minimum atomic E-state index is -0.370. The molecule has 0 aliphatic rings. The van der Waals surface area contributed by atoms with Gasteiger partial charge in [-0.15, -0.1) is 0 Å². The zero-order valence-corrected chi connectivity index (χ0v) is 13.6. The first-order chi connectivity index (χ1) is 12.1. The van der Waals surface area contributed by atoms with Gasteiger partial charge in [0.1, 0.15) is 5.69 Å². The number of carbonyl (C=O) groups is 2. The van der Waals surface area contributed by atoms with E-state index in [9.17, 15) is 9.59 Å². The maximum Gasteiger partial charge on any atom is 0.275 e. The van der Waals surface area contributed by atoms with Crippen molar-refractivity contribution in [3.8, 4) is 11.3 Å². The van der Waals surface area contributed by atoms with E-state index in [1.165, 1.54) is 13.1 Å². The third-order valence-electron chi connectivity index (χ3n) is 3.38. The van der Waals surface area contributed by atoms with Crippen LogP contribution in [0.3, 0.4) is 0 Å². The van der Waals surface area contributed by atoms with Gasteiger partial charge in [0, 0.05) is 23.9 Å². The Bertz CT molecular complexity index is 910. The van der Waals surface area contributed by atoms with E-state index in [-0.39, 0.29) is 17.5 Å². The SMILES string of the molecule is CC(=O)Nc1cccc(NC(=O)c2cncc(-c3ccccc3)n2)c1. The molecule has 0 fully saturated rings. The van der Waals surface area contributed by atoms with Gasteiger partial charge in [-0.3, -0.25) is 14.6 Å². The van der Waals surface area contributed by atoms with E-state index in [0.717, 1.165) is 5.56 Å². The molecule has 1 aromatic heterocycles. The monoisotopic (exact) mass is 332 g/mol. The minimum Gasteiger partial charge on any atom is -0.326 e. The topological polar surface area (TPSA) is 84.0 Å². The van der Waals surface area contributed by atoms with Gasteiger partial charge < -0.3 is 10.6 Å². The van der Waals surface area contributed by atoms with Crippen LogP contribution in [0, 0.1) is 0 Å². The number of hydrogen-bond donors (Lipinski definition) is 2. The molecule has 0 aliphatic carbocycles. The molecule has 0 atom stereocenters. The summed E-state index contributed by atoms with van der Waals surface area (Å²) in [6.45, 7) is 1.43. The summed E-state index contributed by atoms with van der Waals surface area (Å²) in [6, 6.07) is 16.4. The number of aromatic nitrogens is 2. The van der Waals surface area contributed by atoms with Crippen molar-refractivity contribution in [2.45, 2.75) is 6.92 Å². The van der Waals surface area contributed by atoms with Crippen LogP contribution in [0.15, 0.2) is 67.0 Å². The molecule has 0 spiro atoms. The molecular weight excluding hydrogens is 316 g/mol. The van der Waals surface area contributed by atoms with Gasteiger partial charge in [-0.2, -0.15) is 0 Å². The predicted molar refractivity (Wildman–Crippen MR) is 96.2 cm³/mol. The summed E-state index contributed by atoms with van der Waals surface area (Å²) in [5.41, 5.74) is 2.89. The third-order valence-corrected chi connectivity index (χ3v) is 3.38. The van der Waals surface area contributed by atoms with Crippen LogP contribution in [0.5, 0.6) is 0 Å². The number of carbonyl (C=O) groups excluding carboxylic acids is 2. The summed E-state index contributed by atoms with van der Waals surface area (Å²) in [5.74, 6) is -0.546. The molecule has 6 heteroatoms. The summed E-state index contributed by atoms with van der Waals surface area (Å²) < 4.78 is 0. The first-order valence-electron chi connectivity index (χ1n) is 7.68. The molecule has 2 aromatic carbocycles. The van der Waals surface area contributed by atoms with E-state index in [0.29, 0.717) is 17.1 Å². The van der Waals surface area contributed by atoms with Gasteiger partial charge in [0.05, 0.1) is 18.1 Å². The van der Waals surface area contributed by atoms with Gasteiger partial charge in [-0.05, 0) is 18.2 Å². The normalized spacial score (nSPS) is 10.1. The maximum atomic E-state index is 12.4. The molecule has 0 saturated heterocycles. The van der Waals surface area contributed by atoms with Crippen molar-refractivity contribution in [1.29, 1.82) is 0 Å². The van der Waals surface area contributed by atoms with Crippen molar-refractivity contribution in [3.05, 3.63) is 72.7 Å². The van der Waals surface area contributed by atoms with Crippen LogP contribution < -0.4 is 10.6 Å². The van der Waals surface area contributed by atoms with Crippen molar-refractivity contribution in [2.24, 2.45) is 0 Å². The highest BCUT2D eigenvalue weighted by atomic mass is 16.2. The molecule has 0 saturated carbocycles. The summed E-state index contributed by atoms with van der Waals surface area (Å²) in [6.07, 6.45) is 3.03. The van der Waals surface area contributed by atoms with E-state index in [4.69, 9.17) is 0 Å². The Morgan fingerprint density at radius 2 is 1.60 bits per heavy atom. The van der Waals surface area contributed by atoms with Gasteiger partial charge >= 0.3 is 0 Å². The van der Waals surface area contributed by atoms with Crippen molar-refractivity contribution in [1.82, 2.24) is 9.97 Å².